The number of likely N-dealkylation sites (tertiary alicyclic amines) is 1. The first kappa shape index (κ1) is 72.3. The molecule has 1 fully saturated rings. The van der Waals surface area contributed by atoms with Crippen LogP contribution in [-0.4, -0.2) is 182 Å². The Balaban J connectivity index is 1.77. The second kappa shape index (κ2) is 36.8. The number of phenolic OH excluding ortho intramolecular Hbond substituents is 2. The van der Waals surface area contributed by atoms with Crippen molar-refractivity contribution in [3.8, 4) is 11.5 Å². The van der Waals surface area contributed by atoms with Crippen LogP contribution < -0.4 is 59.7 Å². The molecule has 28 nitrogen and oxygen atoms in total. The fraction of sp³-hybridized carbons (Fsp3) is 0.603. The third kappa shape index (κ3) is 23.8. The van der Waals surface area contributed by atoms with E-state index in [1.165, 1.54) is 31.2 Å². The van der Waals surface area contributed by atoms with Gasteiger partial charge in [-0.1, -0.05) is 64.8 Å². The minimum absolute atomic E-state index is 0.00133. The van der Waals surface area contributed by atoms with Crippen LogP contribution in [0.5, 0.6) is 11.5 Å². The third-order valence-corrected chi connectivity index (χ3v) is 15.1. The summed E-state index contributed by atoms with van der Waals surface area (Å²) in [5.41, 5.74) is 18.9. The van der Waals surface area contributed by atoms with Gasteiger partial charge in [0.15, 0.2) is 0 Å². The Labute approximate surface area is 500 Å². The van der Waals surface area contributed by atoms with Crippen molar-refractivity contribution in [3.05, 3.63) is 59.7 Å². The first-order chi connectivity index (χ1) is 40.7. The number of carboxylic acids is 2. The Morgan fingerprint density at radius 2 is 1.05 bits per heavy atom. The number of hydrogen-bond donors (Lipinski definition) is 16. The monoisotopic (exact) mass is 1210 g/mol. The highest BCUT2D eigenvalue weighted by atomic mass is 16.4. The number of nitrogens with zero attached hydrogens (tertiary/aromatic N) is 1. The molecule has 9 amide bonds. The summed E-state index contributed by atoms with van der Waals surface area (Å²) in [4.78, 5) is 149. The number of carboxylic acid groups (broad SMARTS) is 2. The minimum atomic E-state index is -1.66. The molecule has 0 aliphatic carbocycles. The van der Waals surface area contributed by atoms with Gasteiger partial charge in [-0.05, 0) is 131 Å². The number of unbranched alkanes of at least 4 members (excludes halogenated alkanes) is 2. The SMILES string of the molecule is CC[C@H](C)[C@H](NC(=O)[C@H](Cc1ccc(O)cc1)NC(=O)[C@@H](N)Cc1ccc(O)cc1)C(=O)NCC(=O)N[C@@H](CCCCN)C(=O)N[C@H](C(=O)N1CCC[C@H]1C(=O)N[C@@H](CCCCN)C(=O)N[C@H](C(=O)N[C@@H](CCC(=O)O)C(=O)O)[C@@H](C)CC)[C@@H](C)O. The van der Waals surface area contributed by atoms with Gasteiger partial charge in [0, 0.05) is 19.4 Å². The van der Waals surface area contributed by atoms with Crippen molar-refractivity contribution in [1.82, 2.24) is 47.4 Å². The molecule has 1 saturated heterocycles. The van der Waals surface area contributed by atoms with Crippen LogP contribution in [0.2, 0.25) is 0 Å². The van der Waals surface area contributed by atoms with E-state index >= 15 is 0 Å². The van der Waals surface area contributed by atoms with Crippen molar-refractivity contribution < 1.29 is 78.3 Å². The molecule has 0 radical (unpaired) electrons. The standard InChI is InChI=1S/C58H90N12O16/c1-6-32(3)47(67-53(80)43(30-36-18-22-38(73)23-19-36)66-50(77)39(61)29-35-16-20-37(72)21-17-35)55(82)62-31-45(74)63-40(13-8-10-26-59)51(78)69-49(34(5)71)57(84)70-28-12-15-44(70)54(81)64-41(14-9-11-27-60)52(79)68-48(33(4)7-2)56(83)65-42(58(85)86)24-25-46(75)76/h16-23,32-34,39-44,47-49,71-73H,6-15,24-31,59-61H2,1-5H3,(H,62,82)(H,63,74)(H,64,81)(H,65,83)(H,66,77)(H,67,80)(H,68,79)(H,69,78)(H,75,76)(H,85,86)/t32-,33-,34+,39-,40-,41-,42-,43-,44-,47-,48-,49-/m0/s1. The zero-order valence-corrected chi connectivity index (χ0v) is 49.7. The number of aliphatic hydroxyl groups is 1. The summed E-state index contributed by atoms with van der Waals surface area (Å²) in [6.07, 6.45) is 0.139. The lowest BCUT2D eigenvalue weighted by molar-refractivity contribution is -0.145. The number of phenols is 2. The van der Waals surface area contributed by atoms with E-state index in [-0.39, 0.29) is 63.2 Å². The Bertz CT molecular complexity index is 2590. The molecular formula is C58H90N12O16. The predicted molar refractivity (Wildman–Crippen MR) is 314 cm³/mol. The number of rotatable bonds is 38. The van der Waals surface area contributed by atoms with Gasteiger partial charge in [-0.25, -0.2) is 4.79 Å². The molecule has 0 spiro atoms. The highest BCUT2D eigenvalue weighted by Gasteiger charge is 2.42. The lowest BCUT2D eigenvalue weighted by Crippen LogP contribution is -2.61. The number of aromatic hydroxyl groups is 2. The maximum Gasteiger partial charge on any atom is 0.326 e. The van der Waals surface area contributed by atoms with Crippen molar-refractivity contribution in [3.63, 3.8) is 0 Å². The van der Waals surface area contributed by atoms with Crippen LogP contribution in [0.15, 0.2) is 48.5 Å². The summed E-state index contributed by atoms with van der Waals surface area (Å²) in [5, 5.41) is 69.9. The molecule has 28 heteroatoms. The number of benzene rings is 2. The third-order valence-electron chi connectivity index (χ3n) is 15.1. The summed E-state index contributed by atoms with van der Waals surface area (Å²) in [6, 6.07) is -0.0392. The van der Waals surface area contributed by atoms with Crippen molar-refractivity contribution in [2.24, 2.45) is 29.0 Å². The van der Waals surface area contributed by atoms with E-state index in [0.29, 0.717) is 56.1 Å². The normalized spacial score (nSPS) is 16.8. The fourth-order valence-electron chi connectivity index (χ4n) is 9.47. The van der Waals surface area contributed by atoms with Crippen LogP contribution in [0, 0.1) is 11.8 Å². The van der Waals surface area contributed by atoms with E-state index in [2.05, 4.69) is 42.5 Å². The van der Waals surface area contributed by atoms with Gasteiger partial charge in [-0.15, -0.1) is 0 Å². The molecule has 0 bridgehead atoms. The first-order valence-electron chi connectivity index (χ1n) is 29.3. The van der Waals surface area contributed by atoms with Crippen LogP contribution in [0.3, 0.4) is 0 Å². The maximum absolute atomic E-state index is 14.4. The number of carbonyl (C=O) groups excluding carboxylic acids is 9. The number of nitrogens with two attached hydrogens (primary N) is 3. The highest BCUT2D eigenvalue weighted by Crippen LogP contribution is 2.22. The summed E-state index contributed by atoms with van der Waals surface area (Å²) < 4.78 is 0. The molecule has 3 rings (SSSR count). The van der Waals surface area contributed by atoms with Crippen LogP contribution in [0.25, 0.3) is 0 Å². The van der Waals surface area contributed by atoms with E-state index < -0.39 is 157 Å². The fourth-order valence-corrected chi connectivity index (χ4v) is 9.47. The number of aliphatic hydroxyl groups excluding tert-OH is 1. The number of amides is 9. The van der Waals surface area contributed by atoms with Crippen molar-refractivity contribution >= 4 is 65.1 Å². The summed E-state index contributed by atoms with van der Waals surface area (Å²) in [6.45, 7) is 7.85. The molecule has 19 N–H and O–H groups in total. The van der Waals surface area contributed by atoms with Gasteiger partial charge >= 0.3 is 11.9 Å². The zero-order valence-electron chi connectivity index (χ0n) is 49.7. The second-order valence-electron chi connectivity index (χ2n) is 21.9. The van der Waals surface area contributed by atoms with Crippen LogP contribution in [0.4, 0.5) is 0 Å². The number of carbonyl (C=O) groups is 11. The quantitative estimate of drug-likeness (QED) is 0.0336. The molecular weight excluding hydrogens is 1120 g/mol. The molecule has 478 valence electrons. The Morgan fingerprint density at radius 1 is 0.570 bits per heavy atom. The van der Waals surface area contributed by atoms with Crippen molar-refractivity contribution in [2.75, 3.05) is 26.2 Å². The highest BCUT2D eigenvalue weighted by molar-refractivity contribution is 5.98. The summed E-state index contributed by atoms with van der Waals surface area (Å²) in [5.74, 6) is -11.2. The average Bonchev–Trinajstić information content (AvgIpc) is 4.20. The Kier molecular flexibility index (Phi) is 30.9. The molecule has 86 heavy (non-hydrogen) atoms. The molecule has 1 aliphatic heterocycles. The van der Waals surface area contributed by atoms with Gasteiger partial charge < -0.3 is 90.2 Å². The lowest BCUT2D eigenvalue weighted by Gasteiger charge is -2.32. The average molecular weight is 1210 g/mol. The van der Waals surface area contributed by atoms with Gasteiger partial charge in [0.25, 0.3) is 0 Å². The molecule has 2 aromatic rings. The lowest BCUT2D eigenvalue weighted by atomic mass is 9.96. The van der Waals surface area contributed by atoms with E-state index in [9.17, 15) is 73.2 Å². The van der Waals surface area contributed by atoms with Gasteiger partial charge in [0.1, 0.15) is 59.8 Å². The minimum Gasteiger partial charge on any atom is -0.508 e. The van der Waals surface area contributed by atoms with E-state index in [1.807, 2.05) is 0 Å². The largest absolute Gasteiger partial charge is 0.508 e. The molecule has 1 aliphatic rings. The molecule has 0 unspecified atom stereocenters. The van der Waals surface area contributed by atoms with Crippen LogP contribution in [-0.2, 0) is 65.6 Å². The van der Waals surface area contributed by atoms with Gasteiger partial charge in [0.05, 0.1) is 18.7 Å². The number of hydrogen-bond acceptors (Lipinski definition) is 17. The molecule has 12 atom stereocenters. The van der Waals surface area contributed by atoms with Gasteiger partial charge in [-0.2, -0.15) is 0 Å². The molecule has 1 heterocycles. The Hall–Kier alpha value is -7.95. The van der Waals surface area contributed by atoms with Gasteiger partial charge in [-0.3, -0.25) is 47.9 Å². The van der Waals surface area contributed by atoms with E-state index in [0.717, 1.165) is 4.90 Å². The molecule has 0 aromatic heterocycles. The van der Waals surface area contributed by atoms with Crippen LogP contribution >= 0.6 is 0 Å². The molecule has 0 saturated carbocycles. The Morgan fingerprint density at radius 3 is 1.53 bits per heavy atom. The zero-order chi connectivity index (χ0) is 64.2. The van der Waals surface area contributed by atoms with Crippen molar-refractivity contribution in [1.29, 1.82) is 0 Å². The first-order valence-corrected chi connectivity index (χ1v) is 29.3. The smallest absolute Gasteiger partial charge is 0.326 e. The maximum atomic E-state index is 14.4. The second-order valence-corrected chi connectivity index (χ2v) is 21.9. The summed E-state index contributed by atoms with van der Waals surface area (Å²) in [7, 11) is 0. The van der Waals surface area contributed by atoms with Gasteiger partial charge in [0.2, 0.25) is 53.2 Å². The molecule has 2 aromatic carbocycles. The topological polar surface area (TPSA) is 466 Å². The number of nitrogens with one attached hydrogen (secondary N) is 8. The van der Waals surface area contributed by atoms with E-state index in [1.54, 1.807) is 52.0 Å². The summed E-state index contributed by atoms with van der Waals surface area (Å²) >= 11 is 0. The van der Waals surface area contributed by atoms with Crippen molar-refractivity contribution in [2.45, 2.75) is 185 Å². The van der Waals surface area contributed by atoms with E-state index in [4.69, 9.17) is 22.3 Å². The van der Waals surface area contributed by atoms with Crippen LogP contribution in [0.1, 0.15) is 123 Å². The number of aliphatic carboxylic acids is 2. The predicted octanol–water partition coefficient (Wildman–Crippen LogP) is -1.61.